The zero-order valence-electron chi connectivity index (χ0n) is 8.13. The van der Waals surface area contributed by atoms with Gasteiger partial charge in [-0.25, -0.2) is 0 Å². The summed E-state index contributed by atoms with van der Waals surface area (Å²) >= 11 is 0. The van der Waals surface area contributed by atoms with E-state index in [0.29, 0.717) is 0 Å². The van der Waals surface area contributed by atoms with Crippen LogP contribution in [0.5, 0.6) is 0 Å². The van der Waals surface area contributed by atoms with Crippen molar-refractivity contribution >= 4 is 5.97 Å². The minimum Gasteiger partial charge on any atom is -0.481 e. The third kappa shape index (κ3) is 1.65. The average molecular weight is 194 g/mol. The standard InChI is InChI=1S/C10H14N2O2/c1-6-4-7-2-3-11-8(5-9(13)14)10(7)12-6/h4,8,11-12H,2-3,5H2,1H3,(H,13,14). The summed E-state index contributed by atoms with van der Waals surface area (Å²) in [6, 6.07) is 2.05. The Balaban J connectivity index is 2.25. The smallest absolute Gasteiger partial charge is 0.305 e. The Morgan fingerprint density at radius 2 is 2.50 bits per heavy atom. The van der Waals surface area contributed by atoms with E-state index in [2.05, 4.69) is 16.4 Å². The van der Waals surface area contributed by atoms with Crippen LogP contribution in [0.4, 0.5) is 0 Å². The highest BCUT2D eigenvalue weighted by Gasteiger charge is 2.23. The van der Waals surface area contributed by atoms with E-state index in [9.17, 15) is 4.79 Å². The number of fused-ring (bicyclic) bond motifs is 1. The summed E-state index contributed by atoms with van der Waals surface area (Å²) in [7, 11) is 0. The van der Waals surface area contributed by atoms with Gasteiger partial charge in [-0.05, 0) is 31.5 Å². The van der Waals surface area contributed by atoms with Crippen molar-refractivity contribution in [2.45, 2.75) is 25.8 Å². The Labute approximate surface area is 82.3 Å². The molecule has 0 amide bonds. The molecule has 0 spiro atoms. The number of nitrogens with one attached hydrogen (secondary N) is 2. The fraction of sp³-hybridized carbons (Fsp3) is 0.500. The zero-order chi connectivity index (χ0) is 10.1. The second-order valence-electron chi connectivity index (χ2n) is 3.75. The fourth-order valence-electron chi connectivity index (χ4n) is 2.02. The van der Waals surface area contributed by atoms with Gasteiger partial charge in [-0.1, -0.05) is 0 Å². The van der Waals surface area contributed by atoms with Crippen molar-refractivity contribution in [3.63, 3.8) is 0 Å². The highest BCUT2D eigenvalue weighted by molar-refractivity contribution is 5.68. The molecule has 3 N–H and O–H groups in total. The largest absolute Gasteiger partial charge is 0.481 e. The number of hydrogen-bond donors (Lipinski definition) is 3. The van der Waals surface area contributed by atoms with Gasteiger partial charge in [0.2, 0.25) is 0 Å². The Bertz CT molecular complexity index is 357. The number of rotatable bonds is 2. The number of H-pyrrole nitrogens is 1. The molecule has 0 fully saturated rings. The van der Waals surface area contributed by atoms with Gasteiger partial charge < -0.3 is 15.4 Å². The molecule has 0 bridgehead atoms. The minimum absolute atomic E-state index is 0.0510. The van der Waals surface area contributed by atoms with Crippen LogP contribution in [0.25, 0.3) is 0 Å². The Morgan fingerprint density at radius 3 is 3.21 bits per heavy atom. The Morgan fingerprint density at radius 1 is 1.71 bits per heavy atom. The highest BCUT2D eigenvalue weighted by Crippen LogP contribution is 2.25. The maximum Gasteiger partial charge on any atom is 0.305 e. The lowest BCUT2D eigenvalue weighted by molar-refractivity contribution is -0.137. The number of hydrogen-bond acceptors (Lipinski definition) is 2. The number of aryl methyl sites for hydroxylation is 1. The molecule has 0 aromatic carbocycles. The van der Waals surface area contributed by atoms with E-state index in [0.717, 1.165) is 24.4 Å². The van der Waals surface area contributed by atoms with Crippen molar-refractivity contribution in [1.82, 2.24) is 10.3 Å². The molecule has 0 saturated heterocycles. The summed E-state index contributed by atoms with van der Waals surface area (Å²) in [4.78, 5) is 13.9. The van der Waals surface area contributed by atoms with Crippen LogP contribution in [0.3, 0.4) is 0 Å². The third-order valence-corrected chi connectivity index (χ3v) is 2.58. The van der Waals surface area contributed by atoms with E-state index in [1.165, 1.54) is 5.56 Å². The number of aromatic nitrogens is 1. The van der Waals surface area contributed by atoms with E-state index < -0.39 is 5.97 Å². The van der Waals surface area contributed by atoms with E-state index in [1.54, 1.807) is 0 Å². The molecule has 2 rings (SSSR count). The minimum atomic E-state index is -0.761. The van der Waals surface area contributed by atoms with Crippen molar-refractivity contribution < 1.29 is 9.90 Å². The number of carboxylic acid groups (broad SMARTS) is 1. The molecule has 76 valence electrons. The van der Waals surface area contributed by atoms with Crippen molar-refractivity contribution in [2.24, 2.45) is 0 Å². The molecular formula is C10H14N2O2. The highest BCUT2D eigenvalue weighted by atomic mass is 16.4. The van der Waals surface area contributed by atoms with Crippen LogP contribution in [0.15, 0.2) is 6.07 Å². The molecule has 1 aliphatic heterocycles. The summed E-state index contributed by atoms with van der Waals surface area (Å²) in [5.74, 6) is -0.761. The maximum absolute atomic E-state index is 10.6. The molecule has 0 radical (unpaired) electrons. The molecule has 1 unspecified atom stereocenters. The van der Waals surface area contributed by atoms with Gasteiger partial charge in [0, 0.05) is 11.4 Å². The first kappa shape index (κ1) is 9.27. The van der Waals surface area contributed by atoms with Crippen molar-refractivity contribution in [3.05, 3.63) is 23.0 Å². The first-order valence-electron chi connectivity index (χ1n) is 4.80. The molecule has 4 nitrogen and oxygen atoms in total. The summed E-state index contributed by atoms with van der Waals surface area (Å²) in [6.07, 6.45) is 1.13. The van der Waals surface area contributed by atoms with Gasteiger partial charge in [-0.2, -0.15) is 0 Å². The predicted octanol–water partition coefficient (Wildman–Crippen LogP) is 0.985. The van der Waals surface area contributed by atoms with Crippen LogP contribution in [0.2, 0.25) is 0 Å². The molecule has 14 heavy (non-hydrogen) atoms. The van der Waals surface area contributed by atoms with E-state index in [1.807, 2.05) is 6.92 Å². The van der Waals surface area contributed by atoms with E-state index in [-0.39, 0.29) is 12.5 Å². The second kappa shape index (κ2) is 3.46. The molecular weight excluding hydrogens is 180 g/mol. The first-order valence-corrected chi connectivity index (χ1v) is 4.80. The van der Waals surface area contributed by atoms with E-state index >= 15 is 0 Å². The Kier molecular flexibility index (Phi) is 2.29. The third-order valence-electron chi connectivity index (χ3n) is 2.58. The van der Waals surface area contributed by atoms with Crippen molar-refractivity contribution in [3.8, 4) is 0 Å². The van der Waals surface area contributed by atoms with Gasteiger partial charge in [0.15, 0.2) is 0 Å². The summed E-state index contributed by atoms with van der Waals surface area (Å²) in [5, 5.41) is 12.0. The first-order chi connectivity index (χ1) is 6.66. The maximum atomic E-state index is 10.6. The lowest BCUT2D eigenvalue weighted by Crippen LogP contribution is -2.31. The quantitative estimate of drug-likeness (QED) is 0.657. The normalized spacial score (nSPS) is 20.5. The Hall–Kier alpha value is -1.29. The van der Waals surface area contributed by atoms with Gasteiger partial charge >= 0.3 is 5.97 Å². The molecule has 1 aliphatic rings. The average Bonchev–Trinajstić information content (AvgIpc) is 2.45. The summed E-state index contributed by atoms with van der Waals surface area (Å²) in [6.45, 7) is 2.86. The summed E-state index contributed by atoms with van der Waals surface area (Å²) < 4.78 is 0. The number of carboxylic acids is 1. The monoisotopic (exact) mass is 194 g/mol. The van der Waals surface area contributed by atoms with Gasteiger partial charge in [-0.15, -0.1) is 0 Å². The van der Waals surface area contributed by atoms with Crippen LogP contribution in [-0.4, -0.2) is 22.6 Å². The number of aliphatic carboxylic acids is 1. The van der Waals surface area contributed by atoms with Gasteiger partial charge in [0.25, 0.3) is 0 Å². The van der Waals surface area contributed by atoms with Gasteiger partial charge in [0.05, 0.1) is 12.5 Å². The molecule has 0 saturated carbocycles. The lowest BCUT2D eigenvalue weighted by Gasteiger charge is -2.22. The molecule has 1 aromatic heterocycles. The number of aromatic amines is 1. The van der Waals surface area contributed by atoms with Crippen LogP contribution in [-0.2, 0) is 11.2 Å². The van der Waals surface area contributed by atoms with Gasteiger partial charge in [-0.3, -0.25) is 4.79 Å². The SMILES string of the molecule is Cc1cc2c([nH]1)C(CC(=O)O)NCC2. The second-order valence-corrected chi connectivity index (χ2v) is 3.75. The van der Waals surface area contributed by atoms with Crippen LogP contribution < -0.4 is 5.32 Å². The molecule has 2 heterocycles. The molecule has 0 aliphatic carbocycles. The van der Waals surface area contributed by atoms with Crippen LogP contribution in [0.1, 0.15) is 29.4 Å². The lowest BCUT2D eigenvalue weighted by atomic mass is 10.00. The molecule has 4 heteroatoms. The van der Waals surface area contributed by atoms with Crippen molar-refractivity contribution in [2.75, 3.05) is 6.54 Å². The molecule has 1 aromatic rings. The van der Waals surface area contributed by atoms with Gasteiger partial charge in [0.1, 0.15) is 0 Å². The topological polar surface area (TPSA) is 65.1 Å². The predicted molar refractivity (Wildman–Crippen MR) is 52.2 cm³/mol. The van der Waals surface area contributed by atoms with Crippen molar-refractivity contribution in [1.29, 1.82) is 0 Å². The van der Waals surface area contributed by atoms with Crippen LogP contribution >= 0.6 is 0 Å². The molecule has 1 atom stereocenters. The van der Waals surface area contributed by atoms with Crippen LogP contribution in [0, 0.1) is 6.92 Å². The summed E-state index contributed by atoms with van der Waals surface area (Å²) in [5.41, 5.74) is 3.41. The zero-order valence-corrected chi connectivity index (χ0v) is 8.13. The van der Waals surface area contributed by atoms with E-state index in [4.69, 9.17) is 5.11 Å². The number of carbonyl (C=O) groups is 1. The fourth-order valence-corrected chi connectivity index (χ4v) is 2.02.